The van der Waals surface area contributed by atoms with Gasteiger partial charge in [0.1, 0.15) is 11.6 Å². The van der Waals surface area contributed by atoms with Crippen LogP contribution in [0.2, 0.25) is 5.02 Å². The minimum absolute atomic E-state index is 0.0629. The van der Waals surface area contributed by atoms with Crippen molar-refractivity contribution in [1.29, 1.82) is 0 Å². The summed E-state index contributed by atoms with van der Waals surface area (Å²) in [7, 11) is 5.71. The second kappa shape index (κ2) is 11.5. The lowest BCUT2D eigenvalue weighted by molar-refractivity contribution is 0.0786. The molecule has 0 saturated carbocycles. The number of aromatic nitrogens is 2. The molecule has 0 saturated heterocycles. The average Bonchev–Trinajstić information content (AvgIpc) is 3.08. The van der Waals surface area contributed by atoms with Gasteiger partial charge in [-0.3, -0.25) is 9.79 Å². The van der Waals surface area contributed by atoms with Gasteiger partial charge in [0.15, 0.2) is 0 Å². The van der Waals surface area contributed by atoms with Gasteiger partial charge in [-0.15, -0.1) is 0 Å². The van der Waals surface area contributed by atoms with Crippen molar-refractivity contribution in [2.45, 2.75) is 6.54 Å². The van der Waals surface area contributed by atoms with Gasteiger partial charge in [0.25, 0.3) is 5.91 Å². The van der Waals surface area contributed by atoms with Crippen molar-refractivity contribution in [2.24, 2.45) is 4.99 Å². The van der Waals surface area contributed by atoms with E-state index in [4.69, 9.17) is 16.6 Å². The summed E-state index contributed by atoms with van der Waals surface area (Å²) in [5.41, 5.74) is 3.60. The highest BCUT2D eigenvalue weighted by atomic mass is 35.5. The third-order valence-electron chi connectivity index (χ3n) is 6.58. The lowest BCUT2D eigenvalue weighted by Gasteiger charge is -2.19. The molecule has 0 atom stereocenters. The molecular formula is C30H27ClF2N6O. The van der Waals surface area contributed by atoms with Crippen molar-refractivity contribution in [3.8, 4) is 11.3 Å². The van der Waals surface area contributed by atoms with Crippen LogP contribution in [0.15, 0.2) is 71.9 Å². The molecule has 0 fully saturated rings. The molecule has 0 unspecified atom stereocenters. The summed E-state index contributed by atoms with van der Waals surface area (Å²) in [5.74, 6) is -1.17. The predicted molar refractivity (Wildman–Crippen MR) is 153 cm³/mol. The number of benzene rings is 3. The van der Waals surface area contributed by atoms with Gasteiger partial charge in [0, 0.05) is 59.3 Å². The van der Waals surface area contributed by atoms with Crippen LogP contribution < -0.4 is 5.32 Å². The molecule has 7 nitrogen and oxygen atoms in total. The molecule has 204 valence electrons. The monoisotopic (exact) mass is 560 g/mol. The maximum absolute atomic E-state index is 14.8. The van der Waals surface area contributed by atoms with E-state index in [1.165, 1.54) is 18.2 Å². The molecule has 0 bridgehead atoms. The number of hydrogen-bond donors (Lipinski definition) is 1. The van der Waals surface area contributed by atoms with Crippen LogP contribution in [0.1, 0.15) is 27.0 Å². The van der Waals surface area contributed by atoms with E-state index in [-0.39, 0.29) is 23.7 Å². The zero-order valence-electron chi connectivity index (χ0n) is 22.3. The number of aliphatic imine (C=N–C) groups is 1. The first-order valence-electron chi connectivity index (χ1n) is 12.6. The summed E-state index contributed by atoms with van der Waals surface area (Å²) in [6, 6.07) is 15.9. The summed E-state index contributed by atoms with van der Waals surface area (Å²) in [4.78, 5) is 30.2. The van der Waals surface area contributed by atoms with Gasteiger partial charge in [-0.2, -0.15) is 0 Å². The SMILES string of the molecule is CN(C)CCN(C)C(=O)c1ccc(Nc2ncc3c(n2)-c2ccc(Cl)cc2C(c2c(F)cccc2F)=NC3)cc1. The van der Waals surface area contributed by atoms with E-state index < -0.39 is 11.6 Å². The second-order valence-electron chi connectivity index (χ2n) is 9.75. The van der Waals surface area contributed by atoms with E-state index in [1.54, 1.807) is 60.6 Å². The van der Waals surface area contributed by atoms with Gasteiger partial charge in [-0.1, -0.05) is 23.7 Å². The standard InChI is InChI=1S/C30H27ClF2N6O/c1-38(2)13-14-39(3)29(40)18-7-10-21(11-8-18)36-30-35-17-19-16-34-28(26-24(32)5-4-6-25(26)33)23-15-20(31)9-12-22(23)27(19)37-30/h4-12,15,17H,13-14,16H2,1-3H3,(H,35,36,37). The minimum atomic E-state index is -0.713. The first-order valence-corrected chi connectivity index (χ1v) is 13.0. The highest BCUT2D eigenvalue weighted by Crippen LogP contribution is 2.34. The number of halogens is 3. The average molecular weight is 561 g/mol. The predicted octanol–water partition coefficient (Wildman–Crippen LogP) is 5.80. The van der Waals surface area contributed by atoms with Crippen LogP contribution in [0, 0.1) is 11.6 Å². The van der Waals surface area contributed by atoms with Crippen molar-refractivity contribution >= 4 is 34.9 Å². The van der Waals surface area contributed by atoms with Crippen LogP contribution in [0.25, 0.3) is 11.3 Å². The van der Waals surface area contributed by atoms with E-state index in [0.29, 0.717) is 51.2 Å². The number of carbonyl (C=O) groups is 1. The van der Waals surface area contributed by atoms with E-state index in [0.717, 1.165) is 6.54 Å². The molecule has 4 aromatic rings. The van der Waals surface area contributed by atoms with E-state index in [1.807, 2.05) is 19.0 Å². The van der Waals surface area contributed by atoms with Crippen molar-refractivity contribution in [3.05, 3.63) is 106 Å². The summed E-state index contributed by atoms with van der Waals surface area (Å²) < 4.78 is 29.5. The molecule has 10 heteroatoms. The van der Waals surface area contributed by atoms with Crippen LogP contribution in [-0.2, 0) is 6.54 Å². The number of nitrogens with one attached hydrogen (secondary N) is 1. The smallest absolute Gasteiger partial charge is 0.253 e. The maximum Gasteiger partial charge on any atom is 0.253 e. The van der Waals surface area contributed by atoms with Gasteiger partial charge in [0.2, 0.25) is 5.95 Å². The third kappa shape index (κ3) is 5.71. The first kappa shape index (κ1) is 27.4. The number of carbonyl (C=O) groups excluding carboxylic acids is 1. The van der Waals surface area contributed by atoms with Crippen molar-refractivity contribution in [2.75, 3.05) is 39.5 Å². The van der Waals surface area contributed by atoms with Crippen molar-refractivity contribution < 1.29 is 13.6 Å². The number of fused-ring (bicyclic) bond motifs is 3. The zero-order valence-corrected chi connectivity index (χ0v) is 23.0. The third-order valence-corrected chi connectivity index (χ3v) is 6.82. The van der Waals surface area contributed by atoms with Crippen LogP contribution >= 0.6 is 11.6 Å². The minimum Gasteiger partial charge on any atom is -0.340 e. The van der Waals surface area contributed by atoms with Crippen LogP contribution in [0.3, 0.4) is 0 Å². The Labute approximate surface area is 236 Å². The fourth-order valence-electron chi connectivity index (χ4n) is 4.42. The molecule has 1 aromatic heterocycles. The molecule has 5 rings (SSSR count). The molecule has 1 aliphatic heterocycles. The highest BCUT2D eigenvalue weighted by Gasteiger charge is 2.25. The fraction of sp³-hybridized carbons (Fsp3) is 0.200. The Morgan fingerprint density at radius 1 is 0.975 bits per heavy atom. The largest absolute Gasteiger partial charge is 0.340 e. The molecule has 3 aromatic carbocycles. The molecule has 0 spiro atoms. The van der Waals surface area contributed by atoms with Gasteiger partial charge >= 0.3 is 0 Å². The molecule has 1 N–H and O–H groups in total. The van der Waals surface area contributed by atoms with E-state index in [9.17, 15) is 13.6 Å². The Bertz CT molecular complexity index is 1590. The molecule has 40 heavy (non-hydrogen) atoms. The number of rotatable bonds is 7. The first-order chi connectivity index (χ1) is 19.2. The Morgan fingerprint density at radius 2 is 1.70 bits per heavy atom. The normalized spacial score (nSPS) is 12.3. The fourth-order valence-corrected chi connectivity index (χ4v) is 4.59. The number of likely N-dealkylation sites (N-methyl/N-ethyl adjacent to an activating group) is 2. The molecule has 0 radical (unpaired) electrons. The quantitative estimate of drug-likeness (QED) is 0.309. The van der Waals surface area contributed by atoms with Crippen LogP contribution in [0.4, 0.5) is 20.4 Å². The Hall–Kier alpha value is -4.21. The summed E-state index contributed by atoms with van der Waals surface area (Å²) in [6.45, 7) is 1.52. The van der Waals surface area contributed by atoms with E-state index in [2.05, 4.69) is 15.3 Å². The number of hydrogen-bond acceptors (Lipinski definition) is 6. The molecule has 1 amide bonds. The Kier molecular flexibility index (Phi) is 7.86. The molecule has 2 heterocycles. The zero-order chi connectivity index (χ0) is 28.4. The number of anilines is 2. The maximum atomic E-state index is 14.8. The summed E-state index contributed by atoms with van der Waals surface area (Å²) in [6.07, 6.45) is 1.64. The molecule has 0 aliphatic carbocycles. The van der Waals surface area contributed by atoms with Gasteiger partial charge in [0.05, 0.1) is 23.5 Å². The van der Waals surface area contributed by atoms with E-state index >= 15 is 0 Å². The highest BCUT2D eigenvalue weighted by molar-refractivity contribution is 6.31. The Balaban J connectivity index is 1.43. The van der Waals surface area contributed by atoms with Gasteiger partial charge in [-0.25, -0.2) is 18.7 Å². The molecule has 1 aliphatic rings. The van der Waals surface area contributed by atoms with Crippen molar-refractivity contribution in [3.63, 3.8) is 0 Å². The van der Waals surface area contributed by atoms with Crippen molar-refractivity contribution in [1.82, 2.24) is 19.8 Å². The summed E-state index contributed by atoms with van der Waals surface area (Å²) in [5, 5.41) is 3.58. The second-order valence-corrected chi connectivity index (χ2v) is 10.2. The topological polar surface area (TPSA) is 73.7 Å². The Morgan fingerprint density at radius 3 is 2.40 bits per heavy atom. The summed E-state index contributed by atoms with van der Waals surface area (Å²) >= 11 is 6.30. The van der Waals surface area contributed by atoms with Gasteiger partial charge < -0.3 is 15.1 Å². The van der Waals surface area contributed by atoms with Crippen LogP contribution in [0.5, 0.6) is 0 Å². The number of nitrogens with zero attached hydrogens (tertiary/aromatic N) is 5. The van der Waals surface area contributed by atoms with Crippen LogP contribution in [-0.4, -0.2) is 65.6 Å². The number of amides is 1. The lowest BCUT2D eigenvalue weighted by atomic mass is 9.95. The lowest BCUT2D eigenvalue weighted by Crippen LogP contribution is -2.33. The van der Waals surface area contributed by atoms with Gasteiger partial charge in [-0.05, 0) is 62.6 Å². The molecular weight excluding hydrogens is 534 g/mol.